The molecule has 2 heterocycles. The Morgan fingerprint density at radius 1 is 1.07 bits per heavy atom. The smallest absolute Gasteiger partial charge is 0.275 e. The number of benzene rings is 1. The van der Waals surface area contributed by atoms with Gasteiger partial charge >= 0.3 is 0 Å². The second kappa shape index (κ2) is 8.56. The van der Waals surface area contributed by atoms with Crippen LogP contribution < -0.4 is 16.4 Å². The van der Waals surface area contributed by atoms with Crippen LogP contribution in [0.15, 0.2) is 46.5 Å². The van der Waals surface area contributed by atoms with Crippen molar-refractivity contribution in [1.82, 2.24) is 10.3 Å². The van der Waals surface area contributed by atoms with Gasteiger partial charge in [-0.25, -0.2) is 4.98 Å². The molecule has 0 radical (unpaired) electrons. The van der Waals surface area contributed by atoms with Crippen LogP contribution in [0.4, 0.5) is 5.69 Å². The Labute approximate surface area is 163 Å². The highest BCUT2D eigenvalue weighted by molar-refractivity contribution is 7.14. The molecule has 2 aromatic heterocycles. The molecular formula is C18H16N4O3S2. The van der Waals surface area contributed by atoms with Crippen molar-refractivity contribution in [2.45, 2.75) is 6.42 Å². The summed E-state index contributed by atoms with van der Waals surface area (Å²) in [7, 11) is 0. The monoisotopic (exact) mass is 400 g/mol. The lowest BCUT2D eigenvalue weighted by Gasteiger charge is -2.10. The zero-order valence-electron chi connectivity index (χ0n) is 14.1. The molecule has 0 unspecified atom stereocenters. The van der Waals surface area contributed by atoms with Gasteiger partial charge in [-0.3, -0.25) is 14.4 Å². The van der Waals surface area contributed by atoms with E-state index in [0.29, 0.717) is 11.3 Å². The van der Waals surface area contributed by atoms with Crippen LogP contribution in [-0.4, -0.2) is 29.3 Å². The van der Waals surface area contributed by atoms with Crippen molar-refractivity contribution in [3.63, 3.8) is 0 Å². The zero-order chi connectivity index (χ0) is 19.2. The van der Waals surface area contributed by atoms with Gasteiger partial charge in [0, 0.05) is 29.3 Å². The van der Waals surface area contributed by atoms with Gasteiger partial charge in [0.25, 0.3) is 11.8 Å². The minimum atomic E-state index is -0.498. The average molecular weight is 400 g/mol. The summed E-state index contributed by atoms with van der Waals surface area (Å²) in [4.78, 5) is 40.0. The largest absolute Gasteiger partial charge is 0.370 e. The minimum absolute atomic E-state index is 0.0461. The number of nitrogens with two attached hydrogens (primary N) is 1. The number of aromatic nitrogens is 1. The van der Waals surface area contributed by atoms with E-state index < -0.39 is 17.7 Å². The molecule has 0 spiro atoms. The maximum Gasteiger partial charge on any atom is 0.275 e. The summed E-state index contributed by atoms with van der Waals surface area (Å²) in [6.45, 7) is 0.131. The number of nitrogens with zero attached hydrogens (tertiary/aromatic N) is 1. The van der Waals surface area contributed by atoms with Crippen molar-refractivity contribution in [2.75, 3.05) is 11.9 Å². The highest BCUT2D eigenvalue weighted by atomic mass is 32.1. The van der Waals surface area contributed by atoms with Gasteiger partial charge in [-0.1, -0.05) is 12.1 Å². The topological polar surface area (TPSA) is 114 Å². The first-order valence-electron chi connectivity index (χ1n) is 7.99. The van der Waals surface area contributed by atoms with E-state index in [9.17, 15) is 14.4 Å². The third-order valence-corrected chi connectivity index (χ3v) is 5.16. The first kappa shape index (κ1) is 18.7. The Kier molecular flexibility index (Phi) is 5.94. The zero-order valence-corrected chi connectivity index (χ0v) is 15.7. The number of rotatable bonds is 7. The Bertz CT molecular complexity index is 967. The molecule has 0 saturated heterocycles. The number of nitrogens with one attached hydrogen (secondary N) is 2. The lowest BCUT2D eigenvalue weighted by Crippen LogP contribution is -2.28. The molecule has 27 heavy (non-hydrogen) atoms. The van der Waals surface area contributed by atoms with Gasteiger partial charge in [0.2, 0.25) is 5.91 Å². The van der Waals surface area contributed by atoms with E-state index in [1.807, 2.05) is 16.8 Å². The summed E-state index contributed by atoms with van der Waals surface area (Å²) in [6.07, 6.45) is 0.0461. The molecule has 1 aromatic carbocycles. The average Bonchev–Trinajstić information content (AvgIpc) is 3.33. The second-order valence-electron chi connectivity index (χ2n) is 5.52. The third-order valence-electron chi connectivity index (χ3n) is 3.58. The molecule has 0 saturated carbocycles. The van der Waals surface area contributed by atoms with E-state index in [1.54, 1.807) is 41.0 Å². The fraction of sp³-hybridized carbons (Fsp3) is 0.111. The molecule has 0 aliphatic rings. The van der Waals surface area contributed by atoms with E-state index in [2.05, 4.69) is 15.6 Å². The lowest BCUT2D eigenvalue weighted by atomic mass is 10.1. The molecule has 0 fully saturated rings. The molecule has 0 bridgehead atoms. The van der Waals surface area contributed by atoms with Gasteiger partial charge in [0.15, 0.2) is 0 Å². The fourth-order valence-corrected chi connectivity index (χ4v) is 3.78. The van der Waals surface area contributed by atoms with E-state index in [1.165, 1.54) is 11.3 Å². The second-order valence-corrected chi connectivity index (χ2v) is 7.16. The number of anilines is 1. The maximum atomic E-state index is 12.5. The van der Waals surface area contributed by atoms with Crippen LogP contribution in [0.25, 0.3) is 10.6 Å². The van der Waals surface area contributed by atoms with E-state index in [4.69, 9.17) is 5.73 Å². The van der Waals surface area contributed by atoms with Crippen molar-refractivity contribution < 1.29 is 14.4 Å². The predicted molar refractivity (Wildman–Crippen MR) is 106 cm³/mol. The Morgan fingerprint density at radius 3 is 2.63 bits per heavy atom. The van der Waals surface area contributed by atoms with Crippen molar-refractivity contribution in [2.24, 2.45) is 5.73 Å². The summed E-state index contributed by atoms with van der Waals surface area (Å²) >= 11 is 2.94. The Morgan fingerprint density at radius 2 is 1.89 bits per heavy atom. The fourth-order valence-electron chi connectivity index (χ4n) is 2.27. The molecule has 7 nitrogen and oxygen atoms in total. The Hall–Kier alpha value is -3.04. The predicted octanol–water partition coefficient (Wildman–Crippen LogP) is 2.73. The van der Waals surface area contributed by atoms with Crippen molar-refractivity contribution in [3.05, 3.63) is 57.7 Å². The van der Waals surface area contributed by atoms with Gasteiger partial charge in [-0.05, 0) is 23.6 Å². The third kappa shape index (κ3) is 4.78. The molecule has 3 amide bonds. The molecule has 3 rings (SSSR count). The number of thiazole rings is 1. The minimum Gasteiger partial charge on any atom is -0.370 e. The number of para-hydroxylation sites is 1. The van der Waals surface area contributed by atoms with Crippen LogP contribution >= 0.6 is 22.7 Å². The summed E-state index contributed by atoms with van der Waals surface area (Å²) in [5, 5.41) is 11.7. The molecule has 3 aromatic rings. The first-order valence-corrected chi connectivity index (χ1v) is 9.82. The first-order chi connectivity index (χ1) is 13.0. The highest BCUT2D eigenvalue weighted by Gasteiger charge is 2.16. The number of carbonyl (C=O) groups is 3. The molecule has 9 heteroatoms. The van der Waals surface area contributed by atoms with Gasteiger partial charge in [-0.15, -0.1) is 11.3 Å². The molecular weight excluding hydrogens is 384 g/mol. The van der Waals surface area contributed by atoms with Crippen LogP contribution in [0.2, 0.25) is 0 Å². The molecule has 0 aliphatic heterocycles. The van der Waals surface area contributed by atoms with Gasteiger partial charge in [0.05, 0.1) is 11.3 Å². The van der Waals surface area contributed by atoms with E-state index >= 15 is 0 Å². The van der Waals surface area contributed by atoms with Crippen molar-refractivity contribution in [3.8, 4) is 10.6 Å². The Balaban J connectivity index is 1.71. The SMILES string of the molecule is NC(=O)CCNC(=O)c1ccccc1NC(=O)c1csc(-c2ccsc2)n1. The van der Waals surface area contributed by atoms with E-state index in [0.717, 1.165) is 10.6 Å². The number of primary amides is 1. The molecule has 138 valence electrons. The van der Waals surface area contributed by atoms with Crippen LogP contribution in [0, 0.1) is 0 Å². The molecule has 4 N–H and O–H groups in total. The van der Waals surface area contributed by atoms with Crippen LogP contribution in [-0.2, 0) is 4.79 Å². The van der Waals surface area contributed by atoms with E-state index in [-0.39, 0.29) is 18.7 Å². The normalized spacial score (nSPS) is 10.4. The van der Waals surface area contributed by atoms with Crippen LogP contribution in [0.3, 0.4) is 0 Å². The van der Waals surface area contributed by atoms with Crippen LogP contribution in [0.1, 0.15) is 27.3 Å². The number of hydrogen-bond donors (Lipinski definition) is 3. The standard InChI is InChI=1S/C18H16N4O3S2/c19-15(23)5-7-20-16(24)12-3-1-2-4-13(12)21-17(25)14-10-27-18(22-14)11-6-8-26-9-11/h1-4,6,8-10H,5,7H2,(H2,19,23)(H,20,24)(H,21,25). The summed E-state index contributed by atoms with van der Waals surface area (Å²) in [6, 6.07) is 8.57. The molecule has 0 aliphatic carbocycles. The highest BCUT2D eigenvalue weighted by Crippen LogP contribution is 2.26. The summed E-state index contributed by atoms with van der Waals surface area (Å²) < 4.78 is 0. The number of amides is 3. The van der Waals surface area contributed by atoms with Gasteiger partial charge in [-0.2, -0.15) is 11.3 Å². The van der Waals surface area contributed by atoms with Gasteiger partial charge in [0.1, 0.15) is 10.7 Å². The molecule has 0 atom stereocenters. The summed E-state index contributed by atoms with van der Waals surface area (Å²) in [5.41, 5.74) is 6.98. The lowest BCUT2D eigenvalue weighted by molar-refractivity contribution is -0.117. The number of hydrogen-bond acceptors (Lipinski definition) is 6. The maximum absolute atomic E-state index is 12.5. The van der Waals surface area contributed by atoms with Crippen LogP contribution in [0.5, 0.6) is 0 Å². The number of carbonyl (C=O) groups excluding carboxylic acids is 3. The van der Waals surface area contributed by atoms with Crippen molar-refractivity contribution in [1.29, 1.82) is 0 Å². The van der Waals surface area contributed by atoms with Gasteiger partial charge < -0.3 is 16.4 Å². The number of thiophene rings is 1. The summed E-state index contributed by atoms with van der Waals surface area (Å²) in [5.74, 6) is -1.30. The van der Waals surface area contributed by atoms with Crippen molar-refractivity contribution >= 4 is 46.1 Å². The quantitative estimate of drug-likeness (QED) is 0.566.